The van der Waals surface area contributed by atoms with Crippen molar-refractivity contribution in [1.29, 1.82) is 0 Å². The Kier molecular flexibility index (Phi) is 6.07. The Hall–Kier alpha value is -3.12. The second-order valence-electron chi connectivity index (χ2n) is 7.94. The van der Waals surface area contributed by atoms with Gasteiger partial charge in [0.05, 0.1) is 5.25 Å². The van der Waals surface area contributed by atoms with Crippen LogP contribution >= 0.6 is 0 Å². The third kappa shape index (κ3) is 4.41. The maximum atomic E-state index is 12.4. The Morgan fingerprint density at radius 1 is 1.06 bits per heavy atom. The highest BCUT2D eigenvalue weighted by atomic mass is 32.2. The summed E-state index contributed by atoms with van der Waals surface area (Å²) < 4.78 is 31.7. The maximum Gasteiger partial charge on any atom is 0.240 e. The first-order valence-corrected chi connectivity index (χ1v) is 11.9. The molecule has 1 saturated heterocycles. The van der Waals surface area contributed by atoms with Gasteiger partial charge in [0.1, 0.15) is 0 Å². The lowest BCUT2D eigenvalue weighted by molar-refractivity contribution is 0.269. The quantitative estimate of drug-likeness (QED) is 0.583. The van der Waals surface area contributed by atoms with Crippen LogP contribution in [0.1, 0.15) is 38.5 Å². The Morgan fingerprint density at radius 2 is 1.75 bits per heavy atom. The Morgan fingerprint density at radius 3 is 2.41 bits per heavy atom. The Bertz CT molecular complexity index is 1170. The highest BCUT2D eigenvalue weighted by Gasteiger charge is 2.33. The minimum Gasteiger partial charge on any atom is -0.368 e. The molecule has 0 saturated carbocycles. The molecule has 0 bridgehead atoms. The lowest BCUT2D eigenvalue weighted by Gasteiger charge is -2.30. The predicted molar refractivity (Wildman–Crippen MR) is 120 cm³/mol. The summed E-state index contributed by atoms with van der Waals surface area (Å²) in [4.78, 5) is 19.1. The molecule has 0 unspecified atom stereocenters. The number of nitrogen functional groups attached to an aromatic ring is 1. The number of hydrogen-bond donors (Lipinski definition) is 1. The zero-order chi connectivity index (χ0) is 22.9. The lowest BCUT2D eigenvalue weighted by atomic mass is 9.98. The van der Waals surface area contributed by atoms with E-state index in [9.17, 15) is 8.42 Å². The maximum absolute atomic E-state index is 12.4. The summed E-state index contributed by atoms with van der Waals surface area (Å²) in [6, 6.07) is 9.62. The first-order chi connectivity index (χ1) is 15.3. The van der Waals surface area contributed by atoms with Crippen LogP contribution in [-0.4, -0.2) is 63.2 Å². The molecule has 0 spiro atoms. The van der Waals surface area contributed by atoms with Crippen molar-refractivity contribution in [3.8, 4) is 11.6 Å². The number of anilines is 3. The van der Waals surface area contributed by atoms with Gasteiger partial charge in [-0.2, -0.15) is 19.9 Å². The summed E-state index contributed by atoms with van der Waals surface area (Å²) >= 11 is 0. The monoisotopic (exact) mass is 458 g/mol. The topological polar surface area (TPSA) is 144 Å². The van der Waals surface area contributed by atoms with E-state index in [4.69, 9.17) is 10.3 Å². The number of para-hydroxylation sites is 1. The van der Waals surface area contributed by atoms with E-state index in [1.54, 1.807) is 18.7 Å². The van der Waals surface area contributed by atoms with Gasteiger partial charge in [0.2, 0.25) is 39.5 Å². The fraction of sp³-hybridized carbons (Fsp3) is 0.450. The van der Waals surface area contributed by atoms with Crippen molar-refractivity contribution in [2.75, 3.05) is 30.8 Å². The number of piperidine rings is 1. The molecule has 0 amide bonds. The van der Waals surface area contributed by atoms with Crippen LogP contribution in [0, 0.1) is 0 Å². The van der Waals surface area contributed by atoms with E-state index >= 15 is 0 Å². The zero-order valence-electron chi connectivity index (χ0n) is 18.2. The Balaban J connectivity index is 1.51. The molecule has 1 fully saturated rings. The standard InChI is InChI=1S/C20H26N8O3S/c1-13(2)32(29,30)28-11-9-14(10-12-28)18-22-17(26-31-18)16-23-19(21)25-20(24-16)27(3)15-7-5-4-6-8-15/h4-8,13-14H,9-12H2,1-3H3,(H2,21,23,24,25). The summed E-state index contributed by atoms with van der Waals surface area (Å²) in [6.07, 6.45) is 1.21. The largest absolute Gasteiger partial charge is 0.368 e. The molecule has 1 aliphatic heterocycles. The summed E-state index contributed by atoms with van der Waals surface area (Å²) in [5.74, 6) is 1.25. The molecule has 170 valence electrons. The number of nitrogens with zero attached hydrogens (tertiary/aromatic N) is 7. The molecule has 3 aromatic rings. The summed E-state index contributed by atoms with van der Waals surface area (Å²) in [6.45, 7) is 4.23. The van der Waals surface area contributed by atoms with Crippen LogP contribution in [0.25, 0.3) is 11.6 Å². The van der Waals surface area contributed by atoms with E-state index in [1.807, 2.05) is 37.4 Å². The van der Waals surface area contributed by atoms with Gasteiger partial charge in [0.25, 0.3) is 0 Å². The van der Waals surface area contributed by atoms with Crippen molar-refractivity contribution in [3.63, 3.8) is 0 Å². The summed E-state index contributed by atoms with van der Waals surface area (Å²) in [5.41, 5.74) is 6.79. The van der Waals surface area contributed by atoms with Gasteiger partial charge in [-0.25, -0.2) is 12.7 Å². The molecule has 1 aliphatic rings. The molecule has 4 rings (SSSR count). The molecular weight excluding hydrogens is 432 g/mol. The molecule has 2 aromatic heterocycles. The zero-order valence-corrected chi connectivity index (χ0v) is 19.0. The van der Waals surface area contributed by atoms with Gasteiger partial charge in [0.15, 0.2) is 0 Å². The molecule has 0 atom stereocenters. The molecule has 2 N–H and O–H groups in total. The third-order valence-corrected chi connectivity index (χ3v) is 7.76. The molecule has 1 aromatic carbocycles. The van der Waals surface area contributed by atoms with Gasteiger partial charge in [-0.1, -0.05) is 23.4 Å². The first-order valence-electron chi connectivity index (χ1n) is 10.4. The average Bonchev–Trinajstić information content (AvgIpc) is 3.29. The van der Waals surface area contributed by atoms with Crippen molar-refractivity contribution in [2.24, 2.45) is 0 Å². The number of hydrogen-bond acceptors (Lipinski definition) is 10. The highest BCUT2D eigenvalue weighted by molar-refractivity contribution is 7.89. The van der Waals surface area contributed by atoms with E-state index in [0.29, 0.717) is 37.8 Å². The van der Waals surface area contributed by atoms with Crippen LogP contribution in [0.15, 0.2) is 34.9 Å². The van der Waals surface area contributed by atoms with E-state index < -0.39 is 15.3 Å². The van der Waals surface area contributed by atoms with Crippen LogP contribution in [-0.2, 0) is 10.0 Å². The number of rotatable bonds is 6. The number of aromatic nitrogens is 5. The van der Waals surface area contributed by atoms with E-state index in [-0.39, 0.29) is 23.5 Å². The van der Waals surface area contributed by atoms with Gasteiger partial charge >= 0.3 is 0 Å². The van der Waals surface area contributed by atoms with Crippen LogP contribution < -0.4 is 10.6 Å². The molecule has 0 aliphatic carbocycles. The number of nitrogens with two attached hydrogens (primary N) is 1. The van der Waals surface area contributed by atoms with Gasteiger partial charge in [-0.3, -0.25) is 0 Å². The van der Waals surface area contributed by atoms with Gasteiger partial charge in [-0.05, 0) is 38.8 Å². The third-order valence-electron chi connectivity index (χ3n) is 5.48. The van der Waals surface area contributed by atoms with Crippen molar-refractivity contribution < 1.29 is 12.9 Å². The normalized spacial score (nSPS) is 15.9. The minimum absolute atomic E-state index is 0.0273. The second kappa shape index (κ2) is 8.79. The molecule has 12 heteroatoms. The SMILES string of the molecule is CC(C)S(=O)(=O)N1CCC(c2nc(-c3nc(N)nc(N(C)c4ccccc4)n3)no2)CC1. The summed E-state index contributed by atoms with van der Waals surface area (Å²) in [7, 11) is -1.43. The molecule has 3 heterocycles. The predicted octanol–water partition coefficient (Wildman–Crippen LogP) is 2.19. The second-order valence-corrected chi connectivity index (χ2v) is 10.4. The Labute approximate surface area is 186 Å². The lowest BCUT2D eigenvalue weighted by Crippen LogP contribution is -2.41. The van der Waals surface area contributed by atoms with E-state index in [1.165, 1.54) is 4.31 Å². The fourth-order valence-electron chi connectivity index (χ4n) is 3.54. The van der Waals surface area contributed by atoms with Crippen molar-refractivity contribution in [2.45, 2.75) is 37.9 Å². The van der Waals surface area contributed by atoms with Gasteiger partial charge < -0.3 is 15.2 Å². The summed E-state index contributed by atoms with van der Waals surface area (Å²) in [5, 5.41) is 3.59. The molecule has 11 nitrogen and oxygen atoms in total. The minimum atomic E-state index is -3.26. The van der Waals surface area contributed by atoms with Crippen LogP contribution in [0.4, 0.5) is 17.6 Å². The highest BCUT2D eigenvalue weighted by Crippen LogP contribution is 2.30. The fourth-order valence-corrected chi connectivity index (χ4v) is 4.86. The molecule has 0 radical (unpaired) electrons. The van der Waals surface area contributed by atoms with Crippen molar-refractivity contribution >= 4 is 27.6 Å². The number of sulfonamides is 1. The van der Waals surface area contributed by atoms with Crippen molar-refractivity contribution in [3.05, 3.63) is 36.2 Å². The average molecular weight is 459 g/mol. The van der Waals surface area contributed by atoms with Gasteiger partial charge in [0, 0.05) is 31.7 Å². The molecular formula is C20H26N8O3S. The molecule has 32 heavy (non-hydrogen) atoms. The van der Waals surface area contributed by atoms with E-state index in [0.717, 1.165) is 5.69 Å². The van der Waals surface area contributed by atoms with Gasteiger partial charge in [-0.15, -0.1) is 0 Å². The van der Waals surface area contributed by atoms with Crippen molar-refractivity contribution in [1.82, 2.24) is 29.4 Å². The smallest absolute Gasteiger partial charge is 0.240 e. The number of benzene rings is 1. The first kappa shape index (κ1) is 22.1. The van der Waals surface area contributed by atoms with Crippen LogP contribution in [0.2, 0.25) is 0 Å². The van der Waals surface area contributed by atoms with Crippen LogP contribution in [0.5, 0.6) is 0 Å². The van der Waals surface area contributed by atoms with E-state index in [2.05, 4.69) is 25.1 Å². The van der Waals surface area contributed by atoms with Crippen LogP contribution in [0.3, 0.4) is 0 Å².